The zero-order chi connectivity index (χ0) is 12.3. The summed E-state index contributed by atoms with van der Waals surface area (Å²) in [6.07, 6.45) is 4.40. The van der Waals surface area contributed by atoms with Crippen molar-refractivity contribution in [1.29, 1.82) is 0 Å². The average molecular weight is 240 g/mol. The fourth-order valence-electron chi connectivity index (χ4n) is 2.75. The van der Waals surface area contributed by atoms with Gasteiger partial charge in [-0.3, -0.25) is 4.90 Å². The highest BCUT2D eigenvalue weighted by molar-refractivity contribution is 4.94. The van der Waals surface area contributed by atoms with Crippen LogP contribution in [0, 0.1) is 5.92 Å². The molecule has 0 aromatic carbocycles. The molecule has 100 valence electrons. The van der Waals surface area contributed by atoms with E-state index in [1.807, 2.05) is 0 Å². The van der Waals surface area contributed by atoms with Crippen LogP contribution in [0.2, 0.25) is 0 Å². The Balaban J connectivity index is 1.88. The maximum Gasteiger partial charge on any atom is 0.0858 e. The second kappa shape index (κ2) is 6.17. The highest BCUT2D eigenvalue weighted by Gasteiger charge is 2.38. The lowest BCUT2D eigenvalue weighted by molar-refractivity contribution is -0.0587. The van der Waals surface area contributed by atoms with Gasteiger partial charge in [-0.05, 0) is 45.6 Å². The van der Waals surface area contributed by atoms with Crippen LogP contribution in [-0.2, 0) is 4.74 Å². The highest BCUT2D eigenvalue weighted by Crippen LogP contribution is 2.35. The molecule has 2 fully saturated rings. The van der Waals surface area contributed by atoms with E-state index in [-0.39, 0.29) is 0 Å². The van der Waals surface area contributed by atoms with Gasteiger partial charge >= 0.3 is 0 Å². The van der Waals surface area contributed by atoms with Crippen LogP contribution in [0.15, 0.2) is 0 Å². The van der Waals surface area contributed by atoms with E-state index in [2.05, 4.69) is 31.0 Å². The maximum atomic E-state index is 6.01. The van der Waals surface area contributed by atoms with Crippen molar-refractivity contribution in [3.05, 3.63) is 0 Å². The van der Waals surface area contributed by atoms with Crippen molar-refractivity contribution in [3.8, 4) is 0 Å². The quantitative estimate of drug-likeness (QED) is 0.767. The summed E-state index contributed by atoms with van der Waals surface area (Å²) in [5, 5.41) is 3.71. The second-order valence-electron chi connectivity index (χ2n) is 5.82. The molecule has 3 nitrogen and oxygen atoms in total. The minimum Gasteiger partial charge on any atom is -0.374 e. The molecule has 0 spiro atoms. The predicted octanol–water partition coefficient (Wildman–Crippen LogP) is 1.87. The fraction of sp³-hybridized carbons (Fsp3) is 1.00. The van der Waals surface area contributed by atoms with Gasteiger partial charge in [0.15, 0.2) is 0 Å². The van der Waals surface area contributed by atoms with Gasteiger partial charge in [0.05, 0.1) is 12.7 Å². The summed E-state index contributed by atoms with van der Waals surface area (Å²) in [4.78, 5) is 2.55. The standard InChI is InChI=1S/C14H28N2O/c1-4-7-15-14(12-5-6-12)13-10-16(11(2)3)8-9-17-13/h11-15H,4-10H2,1-3H3. The lowest BCUT2D eigenvalue weighted by atomic mass is 10.0. The van der Waals surface area contributed by atoms with Gasteiger partial charge in [0.2, 0.25) is 0 Å². The summed E-state index contributed by atoms with van der Waals surface area (Å²) in [5.41, 5.74) is 0. The lowest BCUT2D eigenvalue weighted by Crippen LogP contribution is -2.54. The van der Waals surface area contributed by atoms with Crippen LogP contribution in [-0.4, -0.2) is 49.3 Å². The Hall–Kier alpha value is -0.120. The molecule has 0 aromatic rings. The van der Waals surface area contributed by atoms with E-state index >= 15 is 0 Å². The molecule has 0 aromatic heterocycles. The molecule has 0 bridgehead atoms. The van der Waals surface area contributed by atoms with Gasteiger partial charge in [0, 0.05) is 25.2 Å². The molecule has 1 heterocycles. The molecule has 1 aliphatic carbocycles. The Kier molecular flexibility index (Phi) is 4.83. The molecule has 0 radical (unpaired) electrons. The molecule has 1 saturated heterocycles. The Morgan fingerprint density at radius 2 is 2.12 bits per heavy atom. The first-order valence-corrected chi connectivity index (χ1v) is 7.31. The number of hydrogen-bond donors (Lipinski definition) is 1. The Morgan fingerprint density at radius 3 is 2.71 bits per heavy atom. The predicted molar refractivity (Wildman–Crippen MR) is 71.3 cm³/mol. The van der Waals surface area contributed by atoms with E-state index < -0.39 is 0 Å². The summed E-state index contributed by atoms with van der Waals surface area (Å²) in [5.74, 6) is 0.874. The molecule has 17 heavy (non-hydrogen) atoms. The number of hydrogen-bond acceptors (Lipinski definition) is 3. The molecular formula is C14H28N2O. The van der Waals surface area contributed by atoms with Gasteiger partial charge in [-0.25, -0.2) is 0 Å². The summed E-state index contributed by atoms with van der Waals surface area (Å²) < 4.78 is 6.01. The first-order chi connectivity index (χ1) is 8.22. The number of rotatable bonds is 6. The minimum absolute atomic E-state index is 0.408. The van der Waals surface area contributed by atoms with Gasteiger partial charge in [0.25, 0.3) is 0 Å². The van der Waals surface area contributed by atoms with Gasteiger partial charge in [-0.2, -0.15) is 0 Å². The Bertz CT molecular complexity index is 228. The van der Waals surface area contributed by atoms with Crippen LogP contribution in [0.4, 0.5) is 0 Å². The highest BCUT2D eigenvalue weighted by atomic mass is 16.5. The van der Waals surface area contributed by atoms with Crippen molar-refractivity contribution in [2.24, 2.45) is 5.92 Å². The normalized spacial score (nSPS) is 28.6. The van der Waals surface area contributed by atoms with Crippen LogP contribution in [0.3, 0.4) is 0 Å². The van der Waals surface area contributed by atoms with Crippen LogP contribution >= 0.6 is 0 Å². The monoisotopic (exact) mass is 240 g/mol. The SMILES string of the molecule is CCCNC(C1CC1)C1CN(C(C)C)CCO1. The number of nitrogens with zero attached hydrogens (tertiary/aromatic N) is 1. The third-order valence-electron chi connectivity index (χ3n) is 4.02. The number of nitrogens with one attached hydrogen (secondary N) is 1. The summed E-state index contributed by atoms with van der Waals surface area (Å²) >= 11 is 0. The molecule has 1 aliphatic heterocycles. The zero-order valence-corrected chi connectivity index (χ0v) is 11.6. The first-order valence-electron chi connectivity index (χ1n) is 7.31. The number of ether oxygens (including phenoxy) is 1. The third-order valence-corrected chi connectivity index (χ3v) is 4.02. The Labute approximate surface area is 106 Å². The summed E-state index contributed by atoms with van der Waals surface area (Å²) in [6, 6.07) is 1.24. The summed E-state index contributed by atoms with van der Waals surface area (Å²) in [6.45, 7) is 11.0. The molecule has 1 N–H and O–H groups in total. The van der Waals surface area contributed by atoms with Crippen molar-refractivity contribution in [3.63, 3.8) is 0 Å². The van der Waals surface area contributed by atoms with Crippen LogP contribution < -0.4 is 5.32 Å². The van der Waals surface area contributed by atoms with Gasteiger partial charge in [-0.1, -0.05) is 6.92 Å². The van der Waals surface area contributed by atoms with Gasteiger partial charge in [0.1, 0.15) is 0 Å². The van der Waals surface area contributed by atoms with E-state index in [1.165, 1.54) is 19.3 Å². The molecule has 2 unspecified atom stereocenters. The maximum absolute atomic E-state index is 6.01. The lowest BCUT2D eigenvalue weighted by Gasteiger charge is -2.39. The van der Waals surface area contributed by atoms with E-state index in [0.717, 1.165) is 32.2 Å². The fourth-order valence-corrected chi connectivity index (χ4v) is 2.75. The average Bonchev–Trinajstić information content (AvgIpc) is 3.14. The van der Waals surface area contributed by atoms with Gasteiger partial charge in [-0.15, -0.1) is 0 Å². The van der Waals surface area contributed by atoms with E-state index in [4.69, 9.17) is 4.74 Å². The van der Waals surface area contributed by atoms with Crippen molar-refractivity contribution >= 4 is 0 Å². The molecule has 1 saturated carbocycles. The van der Waals surface area contributed by atoms with Crippen molar-refractivity contribution in [2.75, 3.05) is 26.2 Å². The minimum atomic E-state index is 0.408. The van der Waals surface area contributed by atoms with Crippen LogP contribution in [0.5, 0.6) is 0 Å². The zero-order valence-electron chi connectivity index (χ0n) is 11.6. The molecular weight excluding hydrogens is 212 g/mol. The molecule has 2 aliphatic rings. The molecule has 2 atom stereocenters. The van der Waals surface area contributed by atoms with Gasteiger partial charge < -0.3 is 10.1 Å². The van der Waals surface area contributed by atoms with E-state index in [0.29, 0.717) is 18.2 Å². The van der Waals surface area contributed by atoms with Crippen molar-refractivity contribution in [2.45, 2.75) is 58.2 Å². The second-order valence-corrected chi connectivity index (χ2v) is 5.82. The topological polar surface area (TPSA) is 24.5 Å². The number of morpholine rings is 1. The van der Waals surface area contributed by atoms with E-state index in [1.54, 1.807) is 0 Å². The smallest absolute Gasteiger partial charge is 0.0858 e. The summed E-state index contributed by atoms with van der Waals surface area (Å²) in [7, 11) is 0. The largest absolute Gasteiger partial charge is 0.374 e. The Morgan fingerprint density at radius 1 is 1.35 bits per heavy atom. The first kappa shape index (κ1) is 13.3. The molecule has 2 rings (SSSR count). The van der Waals surface area contributed by atoms with Crippen molar-refractivity contribution in [1.82, 2.24) is 10.2 Å². The van der Waals surface area contributed by atoms with Crippen LogP contribution in [0.1, 0.15) is 40.0 Å². The third kappa shape index (κ3) is 3.67. The van der Waals surface area contributed by atoms with E-state index in [9.17, 15) is 0 Å². The molecule has 3 heteroatoms. The van der Waals surface area contributed by atoms with Crippen LogP contribution in [0.25, 0.3) is 0 Å². The molecule has 0 amide bonds. The van der Waals surface area contributed by atoms with Crippen molar-refractivity contribution < 1.29 is 4.74 Å².